The molecule has 5 heteroatoms. The average Bonchev–Trinajstić information content (AvgIpc) is 2.26. The van der Waals surface area contributed by atoms with Crippen LogP contribution in [0, 0.1) is 0 Å². The first-order chi connectivity index (χ1) is 7.40. The van der Waals surface area contributed by atoms with Gasteiger partial charge in [0, 0.05) is 16.9 Å². The number of halogens is 3. The largest absolute Gasteiger partial charge is 0.416 e. The Balaban J connectivity index is 3.22. The molecule has 0 aliphatic heterocycles. The highest BCUT2D eigenvalue weighted by Crippen LogP contribution is 2.33. The fourth-order valence-corrected chi connectivity index (χ4v) is 1.93. The second-order valence-corrected chi connectivity index (χ2v) is 4.04. The SMILES string of the molecule is CCC(=O)c1ccc(C(F)(F)F)cc1SC. The van der Waals surface area contributed by atoms with Crippen molar-refractivity contribution < 1.29 is 18.0 Å². The normalized spacial score (nSPS) is 11.6. The number of hydrogen-bond acceptors (Lipinski definition) is 2. The molecule has 0 aromatic heterocycles. The summed E-state index contributed by atoms with van der Waals surface area (Å²) in [6, 6.07) is 3.22. The van der Waals surface area contributed by atoms with Crippen LogP contribution >= 0.6 is 11.8 Å². The van der Waals surface area contributed by atoms with E-state index < -0.39 is 11.7 Å². The summed E-state index contributed by atoms with van der Waals surface area (Å²) in [7, 11) is 0. The van der Waals surface area contributed by atoms with Gasteiger partial charge in [0.25, 0.3) is 0 Å². The number of hydrogen-bond donors (Lipinski definition) is 0. The molecule has 0 spiro atoms. The highest BCUT2D eigenvalue weighted by Gasteiger charge is 2.31. The first-order valence-electron chi connectivity index (χ1n) is 4.68. The van der Waals surface area contributed by atoms with Gasteiger partial charge in [0.2, 0.25) is 0 Å². The van der Waals surface area contributed by atoms with Crippen LogP contribution in [-0.2, 0) is 6.18 Å². The Morgan fingerprint density at radius 3 is 2.44 bits per heavy atom. The number of rotatable bonds is 3. The molecular formula is C11H11F3OS. The van der Waals surface area contributed by atoms with E-state index in [4.69, 9.17) is 0 Å². The molecule has 0 N–H and O–H groups in total. The van der Waals surface area contributed by atoms with E-state index >= 15 is 0 Å². The van der Waals surface area contributed by atoms with E-state index in [9.17, 15) is 18.0 Å². The van der Waals surface area contributed by atoms with E-state index in [1.165, 1.54) is 6.07 Å². The fraction of sp³-hybridized carbons (Fsp3) is 0.364. The standard InChI is InChI=1S/C11H11F3OS/c1-3-9(15)8-5-4-7(11(12,13)14)6-10(8)16-2/h4-6H,3H2,1-2H3. The molecule has 0 saturated carbocycles. The van der Waals surface area contributed by atoms with Gasteiger partial charge < -0.3 is 0 Å². The van der Waals surface area contributed by atoms with Gasteiger partial charge in [0.05, 0.1) is 5.56 Å². The predicted molar refractivity (Wildman–Crippen MR) is 57.8 cm³/mol. The number of benzene rings is 1. The third-order valence-electron chi connectivity index (χ3n) is 2.15. The Kier molecular flexibility index (Phi) is 4.02. The van der Waals surface area contributed by atoms with Crippen LogP contribution in [0.25, 0.3) is 0 Å². The molecule has 1 rings (SSSR count). The van der Waals surface area contributed by atoms with Gasteiger partial charge in [-0.15, -0.1) is 11.8 Å². The molecule has 0 fully saturated rings. The molecule has 0 heterocycles. The number of alkyl halides is 3. The highest BCUT2D eigenvalue weighted by molar-refractivity contribution is 7.98. The molecule has 0 saturated heterocycles. The predicted octanol–water partition coefficient (Wildman–Crippen LogP) is 4.02. The lowest BCUT2D eigenvalue weighted by molar-refractivity contribution is -0.137. The van der Waals surface area contributed by atoms with Crippen molar-refractivity contribution in [2.24, 2.45) is 0 Å². The van der Waals surface area contributed by atoms with Gasteiger partial charge in [-0.1, -0.05) is 6.92 Å². The molecule has 0 aliphatic carbocycles. The van der Waals surface area contributed by atoms with Crippen LogP contribution in [0.1, 0.15) is 29.3 Å². The smallest absolute Gasteiger partial charge is 0.294 e. The van der Waals surface area contributed by atoms with Crippen molar-refractivity contribution in [3.8, 4) is 0 Å². The summed E-state index contributed by atoms with van der Waals surface area (Å²) in [6.45, 7) is 1.68. The maximum absolute atomic E-state index is 12.4. The van der Waals surface area contributed by atoms with Gasteiger partial charge in [-0.25, -0.2) is 0 Å². The molecule has 0 radical (unpaired) electrons. The Labute approximate surface area is 96.0 Å². The summed E-state index contributed by atoms with van der Waals surface area (Å²) in [4.78, 5) is 11.8. The second-order valence-electron chi connectivity index (χ2n) is 3.19. The fourth-order valence-electron chi connectivity index (χ4n) is 1.29. The monoisotopic (exact) mass is 248 g/mol. The molecule has 0 amide bonds. The van der Waals surface area contributed by atoms with Gasteiger partial charge in [0.15, 0.2) is 5.78 Å². The Morgan fingerprint density at radius 2 is 2.00 bits per heavy atom. The first kappa shape index (κ1) is 13.1. The second kappa shape index (κ2) is 4.91. The van der Waals surface area contributed by atoms with E-state index in [-0.39, 0.29) is 5.78 Å². The summed E-state index contributed by atoms with van der Waals surface area (Å²) in [5.41, 5.74) is -0.354. The summed E-state index contributed by atoms with van der Waals surface area (Å²) < 4.78 is 37.3. The summed E-state index contributed by atoms with van der Waals surface area (Å²) in [6.07, 6.45) is -2.42. The van der Waals surface area contributed by atoms with Crippen LogP contribution < -0.4 is 0 Å². The van der Waals surface area contributed by atoms with Crippen LogP contribution in [0.15, 0.2) is 23.1 Å². The Morgan fingerprint density at radius 1 is 1.38 bits per heavy atom. The van der Waals surface area contributed by atoms with Crippen molar-refractivity contribution in [1.29, 1.82) is 0 Å². The molecule has 0 atom stereocenters. The van der Waals surface area contributed by atoms with E-state index in [0.29, 0.717) is 16.9 Å². The zero-order chi connectivity index (χ0) is 12.3. The molecule has 1 nitrogen and oxygen atoms in total. The molecule has 1 aromatic rings. The minimum Gasteiger partial charge on any atom is -0.294 e. The average molecular weight is 248 g/mol. The molecule has 0 unspecified atom stereocenters. The third kappa shape index (κ3) is 2.78. The third-order valence-corrected chi connectivity index (χ3v) is 2.93. The Bertz CT molecular complexity index is 399. The summed E-state index contributed by atoms with van der Waals surface area (Å²) >= 11 is 1.15. The summed E-state index contributed by atoms with van der Waals surface area (Å²) in [5, 5.41) is 0. The summed E-state index contributed by atoms with van der Waals surface area (Å²) in [5.74, 6) is -0.141. The van der Waals surface area contributed by atoms with Crippen LogP contribution in [0.5, 0.6) is 0 Å². The quantitative estimate of drug-likeness (QED) is 0.593. The van der Waals surface area contributed by atoms with Gasteiger partial charge in [-0.05, 0) is 24.5 Å². The number of Topliss-reactive ketones (excluding diaryl/α,β-unsaturated/α-hetero) is 1. The van der Waals surface area contributed by atoms with E-state index in [1.807, 2.05) is 0 Å². The van der Waals surface area contributed by atoms with Crippen molar-refractivity contribution in [2.75, 3.05) is 6.26 Å². The highest BCUT2D eigenvalue weighted by atomic mass is 32.2. The Hall–Kier alpha value is -0.970. The van der Waals surface area contributed by atoms with Gasteiger partial charge in [0.1, 0.15) is 0 Å². The zero-order valence-electron chi connectivity index (χ0n) is 8.89. The van der Waals surface area contributed by atoms with Gasteiger partial charge in [-0.3, -0.25) is 4.79 Å². The maximum Gasteiger partial charge on any atom is 0.416 e. The molecule has 88 valence electrons. The van der Waals surface area contributed by atoms with Crippen molar-refractivity contribution >= 4 is 17.5 Å². The first-order valence-corrected chi connectivity index (χ1v) is 5.91. The molecule has 0 bridgehead atoms. The van der Waals surface area contributed by atoms with Gasteiger partial charge in [-0.2, -0.15) is 13.2 Å². The van der Waals surface area contributed by atoms with Crippen LogP contribution in [0.2, 0.25) is 0 Å². The number of thioether (sulfide) groups is 1. The lowest BCUT2D eigenvalue weighted by atomic mass is 10.1. The lowest BCUT2D eigenvalue weighted by Gasteiger charge is -2.10. The molecule has 1 aromatic carbocycles. The van der Waals surface area contributed by atoms with Gasteiger partial charge >= 0.3 is 6.18 Å². The molecular weight excluding hydrogens is 237 g/mol. The van der Waals surface area contributed by atoms with Crippen molar-refractivity contribution in [3.05, 3.63) is 29.3 Å². The van der Waals surface area contributed by atoms with Crippen LogP contribution in [0.3, 0.4) is 0 Å². The number of carbonyl (C=O) groups excluding carboxylic acids is 1. The molecule has 16 heavy (non-hydrogen) atoms. The van der Waals surface area contributed by atoms with E-state index in [1.54, 1.807) is 13.2 Å². The number of carbonyl (C=O) groups is 1. The van der Waals surface area contributed by atoms with E-state index in [0.717, 1.165) is 23.9 Å². The minimum atomic E-state index is -4.36. The van der Waals surface area contributed by atoms with Crippen molar-refractivity contribution in [1.82, 2.24) is 0 Å². The number of ketones is 1. The van der Waals surface area contributed by atoms with Crippen LogP contribution in [0.4, 0.5) is 13.2 Å². The zero-order valence-corrected chi connectivity index (χ0v) is 9.71. The van der Waals surface area contributed by atoms with Crippen molar-refractivity contribution in [2.45, 2.75) is 24.4 Å². The lowest BCUT2D eigenvalue weighted by Crippen LogP contribution is -2.07. The topological polar surface area (TPSA) is 17.1 Å². The van der Waals surface area contributed by atoms with Crippen molar-refractivity contribution in [3.63, 3.8) is 0 Å². The van der Waals surface area contributed by atoms with E-state index in [2.05, 4.69) is 0 Å². The van der Waals surface area contributed by atoms with Crippen LogP contribution in [-0.4, -0.2) is 12.0 Å². The maximum atomic E-state index is 12.4. The molecule has 0 aliphatic rings. The minimum absolute atomic E-state index is 0.141.